The number of nitrogens with one attached hydrogen (secondary N) is 2. The van der Waals surface area contributed by atoms with Crippen molar-refractivity contribution >= 4 is 17.5 Å². The van der Waals surface area contributed by atoms with Crippen LogP contribution < -0.4 is 5.32 Å². The molecule has 7 aliphatic carbocycles. The van der Waals surface area contributed by atoms with Crippen molar-refractivity contribution in [2.45, 2.75) is 166 Å². The van der Waals surface area contributed by atoms with Gasteiger partial charge in [0, 0.05) is 54.5 Å². The molecule has 1 aromatic rings. The van der Waals surface area contributed by atoms with Crippen LogP contribution in [0, 0.1) is 87.8 Å². The van der Waals surface area contributed by atoms with E-state index in [4.69, 9.17) is 4.74 Å². The number of hydrogen-bond acceptors (Lipinski definition) is 12. The van der Waals surface area contributed by atoms with Gasteiger partial charge in [-0.2, -0.15) is 0 Å². The number of ketones is 2. The number of aromatic nitrogens is 1. The van der Waals surface area contributed by atoms with Crippen LogP contribution >= 0.6 is 0 Å². The number of cyclic esters (lactones) is 1. The lowest BCUT2D eigenvalue weighted by Crippen LogP contribution is -2.65. The first-order valence-corrected chi connectivity index (χ1v) is 26.0. The number of fused-ring (bicyclic) bond motifs is 10. The summed E-state index contributed by atoms with van der Waals surface area (Å²) < 4.78 is 5.89. The molecular formula is C55H78N2O11. The Morgan fingerprint density at radius 1 is 0.985 bits per heavy atom. The normalized spacial score (nSPS) is 46.3. The van der Waals surface area contributed by atoms with E-state index in [1.54, 1.807) is 0 Å². The maximum atomic E-state index is 15.1. The van der Waals surface area contributed by atoms with Crippen LogP contribution in [0.2, 0.25) is 0 Å². The number of aliphatic hydroxyl groups is 7. The molecule has 5 fully saturated rings. The topological polar surface area (TPSA) is 230 Å². The van der Waals surface area contributed by atoms with Crippen molar-refractivity contribution in [2.75, 3.05) is 19.8 Å². The van der Waals surface area contributed by atoms with Gasteiger partial charge in [-0.1, -0.05) is 45.3 Å². The largest absolute Gasteiger partial charge is 0.465 e. The van der Waals surface area contributed by atoms with Crippen molar-refractivity contribution < 1.29 is 54.9 Å². The summed E-state index contributed by atoms with van der Waals surface area (Å²) in [4.78, 5) is 44.9. The number of hydrogen-bond donors (Lipinski definition) is 9. The van der Waals surface area contributed by atoms with E-state index in [0.717, 1.165) is 37.7 Å². The zero-order chi connectivity index (χ0) is 48.7. The van der Waals surface area contributed by atoms with E-state index in [0.29, 0.717) is 30.3 Å². The highest BCUT2D eigenvalue weighted by atomic mass is 16.5. The van der Waals surface area contributed by atoms with E-state index in [1.807, 2.05) is 32.3 Å². The van der Waals surface area contributed by atoms with Crippen LogP contribution in [0.1, 0.15) is 136 Å². The molecule has 1 aliphatic heterocycles. The quantitative estimate of drug-likeness (QED) is 0.0918. The third-order valence-electron chi connectivity index (χ3n) is 20.1. The van der Waals surface area contributed by atoms with Gasteiger partial charge in [0.1, 0.15) is 6.04 Å². The van der Waals surface area contributed by atoms with Crippen molar-refractivity contribution in [3.63, 3.8) is 0 Å². The van der Waals surface area contributed by atoms with Gasteiger partial charge >= 0.3 is 5.97 Å². The Bertz CT molecular complexity index is 2210. The van der Waals surface area contributed by atoms with Crippen molar-refractivity contribution in [1.82, 2.24) is 10.3 Å². The van der Waals surface area contributed by atoms with Gasteiger partial charge in [0.2, 0.25) is 0 Å². The molecule has 2 heterocycles. The van der Waals surface area contributed by atoms with Crippen molar-refractivity contribution in [3.8, 4) is 11.8 Å². The maximum absolute atomic E-state index is 15.1. The minimum absolute atomic E-state index is 0.000384. The molecule has 374 valence electrons. The first-order chi connectivity index (χ1) is 32.3. The third-order valence-corrected chi connectivity index (χ3v) is 20.1. The summed E-state index contributed by atoms with van der Waals surface area (Å²) >= 11 is 0. The molecule has 1 aromatic heterocycles. The number of allylic oxidation sites excluding steroid dienone is 3. The van der Waals surface area contributed by atoms with Crippen molar-refractivity contribution in [3.05, 3.63) is 46.9 Å². The summed E-state index contributed by atoms with van der Waals surface area (Å²) in [6, 6.07) is 0.785. The van der Waals surface area contributed by atoms with Gasteiger partial charge in [0.15, 0.2) is 11.6 Å². The molecule has 20 atom stereocenters. The number of ether oxygens (including phenoxy) is 1. The van der Waals surface area contributed by atoms with Gasteiger partial charge in [-0.05, 0) is 154 Å². The predicted octanol–water partition coefficient (Wildman–Crippen LogP) is 4.87. The molecule has 9 N–H and O–H groups in total. The van der Waals surface area contributed by atoms with Crippen molar-refractivity contribution in [2.24, 2.45) is 75.9 Å². The fraction of sp³-hybridized carbons (Fsp3) is 0.764. The van der Waals surface area contributed by atoms with Gasteiger partial charge < -0.3 is 50.8 Å². The fourth-order valence-electron chi connectivity index (χ4n) is 16.6. The van der Waals surface area contributed by atoms with E-state index < -0.39 is 94.1 Å². The van der Waals surface area contributed by atoms with Crippen LogP contribution in [-0.4, -0.2) is 114 Å². The molecule has 0 spiro atoms. The number of carbonyl (C=O) groups is 3. The highest BCUT2D eigenvalue weighted by Gasteiger charge is 2.73. The molecule has 4 saturated carbocycles. The van der Waals surface area contributed by atoms with Gasteiger partial charge in [0.25, 0.3) is 0 Å². The Morgan fingerprint density at radius 2 is 1.76 bits per heavy atom. The SMILES string of the molecule is CC(=O)[C@H](CO)NC1=C2[C@H](CC[C@]3(C)[C@@H]4[C@@H](CC#C[C@@H]([C@H]5COC(=O)[C@@H]5c5cc[nH]c5)C[C@@H]5[C@@H](CC=C6CC[C@@H](C)C[C@H]65)[C@H](C)C[C@@H](O)[C@@]4(O)CCCO)C[C@@]23O)[C@@]2(C)C[C@H](O)[C@H](O)C[C@H]2C1=O. The molecule has 0 unspecified atom stereocenters. The lowest BCUT2D eigenvalue weighted by Gasteiger charge is -2.62. The van der Waals surface area contributed by atoms with Crippen LogP contribution in [0.25, 0.3) is 0 Å². The van der Waals surface area contributed by atoms with Gasteiger partial charge in [-0.3, -0.25) is 14.4 Å². The Labute approximate surface area is 402 Å². The lowest BCUT2D eigenvalue weighted by molar-refractivity contribution is -0.193. The van der Waals surface area contributed by atoms with Gasteiger partial charge in [-0.25, -0.2) is 0 Å². The monoisotopic (exact) mass is 943 g/mol. The maximum Gasteiger partial charge on any atom is 0.313 e. The number of aromatic amines is 1. The second-order valence-electron chi connectivity index (χ2n) is 23.7. The fourth-order valence-corrected chi connectivity index (χ4v) is 16.6. The van der Waals surface area contributed by atoms with Crippen LogP contribution in [0.5, 0.6) is 0 Å². The van der Waals surface area contributed by atoms with E-state index in [2.05, 4.69) is 42.1 Å². The minimum Gasteiger partial charge on any atom is -0.465 e. The standard InChI is InChI=1S/C55H78N2O11/c1-29-10-11-32-12-13-36-30(2)21-45(63)54(66,16-7-19-58)50-34(9-6-8-33(22-38(36)37(32)20-29)39-28-68-51(65)46(39)35-15-18-56-26-35)24-55(67)47-40(14-17-53(50,55)5)52(4)25-44(62)43(61)23-41(52)49(64)48(47)57-42(27-59)31(3)60/h12,15,18,26,29-30,33-34,36-46,50,56-59,61-63,66-67H,7,9-11,13-14,16-17,19-25,27-28H2,1-5H3/t29-,30-,33-,34+,36+,37-,38-,39-,40+,41+,42+,43-,44+,45-,46-,50+,52-,53-,54+,55-/m1/s1. The number of H-pyrrole nitrogens is 1. The molecule has 13 nitrogen and oxygen atoms in total. The summed E-state index contributed by atoms with van der Waals surface area (Å²) in [7, 11) is 0. The van der Waals surface area contributed by atoms with Crippen molar-refractivity contribution in [1.29, 1.82) is 0 Å². The Hall–Kier alpha value is -3.35. The number of carbonyl (C=O) groups excluding carboxylic acids is 3. The van der Waals surface area contributed by atoms with E-state index in [-0.39, 0.29) is 99.4 Å². The highest BCUT2D eigenvalue weighted by Crippen LogP contribution is 2.71. The van der Waals surface area contributed by atoms with Crippen LogP contribution in [0.15, 0.2) is 41.4 Å². The summed E-state index contributed by atoms with van der Waals surface area (Å²) in [5, 5.41) is 86.8. The number of rotatable bonds is 9. The Kier molecular flexibility index (Phi) is 13.6. The number of aliphatic hydroxyl groups excluding tert-OH is 5. The van der Waals surface area contributed by atoms with E-state index in [1.165, 1.54) is 12.5 Å². The summed E-state index contributed by atoms with van der Waals surface area (Å²) in [5.41, 5.74) is -2.85. The lowest BCUT2D eigenvalue weighted by atomic mass is 9.44. The predicted molar refractivity (Wildman–Crippen MR) is 253 cm³/mol. The molecule has 8 aliphatic rings. The average molecular weight is 943 g/mol. The summed E-state index contributed by atoms with van der Waals surface area (Å²) in [6.45, 7) is 9.18. The van der Waals surface area contributed by atoms with E-state index in [9.17, 15) is 45.3 Å². The second kappa shape index (κ2) is 18.7. The molecule has 0 aromatic carbocycles. The number of esters is 1. The van der Waals surface area contributed by atoms with Crippen LogP contribution in [0.4, 0.5) is 0 Å². The molecule has 13 heteroatoms. The molecule has 1 saturated heterocycles. The van der Waals surface area contributed by atoms with Gasteiger partial charge in [-0.15, -0.1) is 5.92 Å². The summed E-state index contributed by atoms with van der Waals surface area (Å²) in [5.74, 6) is 4.06. The van der Waals surface area contributed by atoms with E-state index >= 15 is 4.79 Å². The van der Waals surface area contributed by atoms with Crippen LogP contribution in [0.3, 0.4) is 0 Å². The summed E-state index contributed by atoms with van der Waals surface area (Å²) in [6.07, 6.45) is 9.26. The molecule has 68 heavy (non-hydrogen) atoms. The Morgan fingerprint density at radius 3 is 2.47 bits per heavy atom. The minimum atomic E-state index is -1.81. The first kappa shape index (κ1) is 49.6. The average Bonchev–Trinajstić information content (AvgIpc) is 4.02. The molecule has 0 amide bonds. The van der Waals surface area contributed by atoms with Gasteiger partial charge in [0.05, 0.1) is 54.3 Å². The smallest absolute Gasteiger partial charge is 0.313 e. The zero-order valence-electron chi connectivity index (χ0n) is 40.8. The molecule has 0 radical (unpaired) electrons. The molecule has 0 bridgehead atoms. The highest BCUT2D eigenvalue weighted by molar-refractivity contribution is 6.00. The number of Topliss-reactive ketones (excluding diaryl/α,β-unsaturated/α-hetero) is 2. The molecule has 9 rings (SSSR count). The zero-order valence-corrected chi connectivity index (χ0v) is 40.8. The Balaban J connectivity index is 1.21. The third kappa shape index (κ3) is 7.99. The second-order valence-corrected chi connectivity index (χ2v) is 23.7. The molecular weight excluding hydrogens is 865 g/mol. The van der Waals surface area contributed by atoms with Crippen LogP contribution in [-0.2, 0) is 19.1 Å². The first-order valence-electron chi connectivity index (χ1n) is 26.0.